The highest BCUT2D eigenvalue weighted by Crippen LogP contribution is 2.25. The zero-order chi connectivity index (χ0) is 11.4. The third kappa shape index (κ3) is 2.43. The molecular formula is C11H11ClN2O2. The minimum atomic E-state index is 0.281. The van der Waals surface area contributed by atoms with Crippen molar-refractivity contribution in [1.29, 1.82) is 5.26 Å². The molecule has 0 spiro atoms. The van der Waals surface area contributed by atoms with Crippen molar-refractivity contribution in [2.75, 3.05) is 19.8 Å². The molecule has 16 heavy (non-hydrogen) atoms. The quantitative estimate of drug-likeness (QED) is 0.809. The standard InChI is InChI=1S/C11H11ClN2O2/c12-10-9(5-13)1-3-14-11(10)16-7-8-2-4-15-6-8/h1,3,8H,2,4,6-7H2. The molecule has 0 N–H and O–H groups in total. The second kappa shape index (κ2) is 5.15. The van der Waals surface area contributed by atoms with Gasteiger partial charge in [0.05, 0.1) is 18.8 Å². The summed E-state index contributed by atoms with van der Waals surface area (Å²) in [6, 6.07) is 3.55. The molecule has 4 nitrogen and oxygen atoms in total. The van der Waals surface area contributed by atoms with Gasteiger partial charge in [0.1, 0.15) is 11.1 Å². The van der Waals surface area contributed by atoms with E-state index >= 15 is 0 Å². The smallest absolute Gasteiger partial charge is 0.233 e. The van der Waals surface area contributed by atoms with Crippen molar-refractivity contribution >= 4 is 11.6 Å². The van der Waals surface area contributed by atoms with Crippen LogP contribution in [0.15, 0.2) is 12.3 Å². The van der Waals surface area contributed by atoms with Crippen molar-refractivity contribution in [2.24, 2.45) is 5.92 Å². The van der Waals surface area contributed by atoms with Crippen molar-refractivity contribution in [3.8, 4) is 11.9 Å². The van der Waals surface area contributed by atoms with E-state index in [4.69, 9.17) is 26.3 Å². The summed E-state index contributed by atoms with van der Waals surface area (Å²) in [4.78, 5) is 4.00. The van der Waals surface area contributed by atoms with Crippen LogP contribution in [0, 0.1) is 17.2 Å². The highest BCUT2D eigenvalue weighted by Gasteiger charge is 2.17. The SMILES string of the molecule is N#Cc1ccnc(OCC2CCOC2)c1Cl. The van der Waals surface area contributed by atoms with Crippen molar-refractivity contribution in [2.45, 2.75) is 6.42 Å². The van der Waals surface area contributed by atoms with Gasteiger partial charge >= 0.3 is 0 Å². The second-order valence-electron chi connectivity index (χ2n) is 3.63. The molecule has 1 fully saturated rings. The average molecular weight is 239 g/mol. The van der Waals surface area contributed by atoms with Crippen molar-refractivity contribution in [3.63, 3.8) is 0 Å². The lowest BCUT2D eigenvalue weighted by Gasteiger charge is -2.10. The molecule has 1 aromatic heterocycles. The Kier molecular flexibility index (Phi) is 3.60. The van der Waals surface area contributed by atoms with Gasteiger partial charge in [-0.2, -0.15) is 5.26 Å². The molecule has 0 aliphatic carbocycles. The molecule has 5 heteroatoms. The van der Waals surface area contributed by atoms with Crippen molar-refractivity contribution in [1.82, 2.24) is 4.98 Å². The summed E-state index contributed by atoms with van der Waals surface area (Å²) in [7, 11) is 0. The Labute approximate surface area is 98.8 Å². The lowest BCUT2D eigenvalue weighted by Crippen LogP contribution is -2.12. The van der Waals surface area contributed by atoms with E-state index in [1.54, 1.807) is 6.07 Å². The van der Waals surface area contributed by atoms with Gasteiger partial charge in [-0.3, -0.25) is 0 Å². The maximum absolute atomic E-state index is 8.78. The van der Waals surface area contributed by atoms with Crippen LogP contribution in [0.5, 0.6) is 5.88 Å². The predicted octanol–water partition coefficient (Wildman–Crippen LogP) is 2.02. The molecule has 1 atom stereocenters. The van der Waals surface area contributed by atoms with Crippen LogP contribution in [-0.4, -0.2) is 24.8 Å². The number of nitrogens with zero attached hydrogens (tertiary/aromatic N) is 2. The predicted molar refractivity (Wildman–Crippen MR) is 58.4 cm³/mol. The number of nitriles is 1. The van der Waals surface area contributed by atoms with Crippen LogP contribution in [0.3, 0.4) is 0 Å². The number of aromatic nitrogens is 1. The maximum atomic E-state index is 8.78. The molecule has 1 aliphatic heterocycles. The van der Waals surface area contributed by atoms with Crippen LogP contribution >= 0.6 is 11.6 Å². The molecule has 1 saturated heterocycles. The lowest BCUT2D eigenvalue weighted by molar-refractivity contribution is 0.165. The fraction of sp³-hybridized carbons (Fsp3) is 0.455. The zero-order valence-electron chi connectivity index (χ0n) is 8.65. The van der Waals surface area contributed by atoms with Crippen molar-refractivity contribution in [3.05, 3.63) is 22.8 Å². The Morgan fingerprint density at radius 3 is 3.25 bits per heavy atom. The van der Waals surface area contributed by atoms with E-state index in [-0.39, 0.29) is 5.02 Å². The summed E-state index contributed by atoms with van der Waals surface area (Å²) in [5.41, 5.74) is 0.384. The topological polar surface area (TPSA) is 55.1 Å². The molecule has 0 aromatic carbocycles. The van der Waals surface area contributed by atoms with Gasteiger partial charge in [-0.15, -0.1) is 0 Å². The van der Waals surface area contributed by atoms with Gasteiger partial charge in [0.2, 0.25) is 5.88 Å². The highest BCUT2D eigenvalue weighted by molar-refractivity contribution is 6.32. The van der Waals surface area contributed by atoms with E-state index < -0.39 is 0 Å². The molecule has 0 radical (unpaired) electrons. The van der Waals surface area contributed by atoms with E-state index in [0.717, 1.165) is 19.6 Å². The van der Waals surface area contributed by atoms with Gasteiger partial charge in [-0.05, 0) is 12.5 Å². The fourth-order valence-electron chi connectivity index (χ4n) is 1.52. The Hall–Kier alpha value is -1.31. The van der Waals surface area contributed by atoms with Crippen LogP contribution in [0.25, 0.3) is 0 Å². The molecule has 2 rings (SSSR count). The summed E-state index contributed by atoms with van der Waals surface area (Å²) in [5.74, 6) is 0.719. The number of rotatable bonds is 3. The normalized spacial score (nSPS) is 19.4. The molecule has 1 unspecified atom stereocenters. The summed E-state index contributed by atoms with van der Waals surface area (Å²) < 4.78 is 10.7. The number of pyridine rings is 1. The van der Waals surface area contributed by atoms with E-state index in [1.165, 1.54) is 6.20 Å². The zero-order valence-corrected chi connectivity index (χ0v) is 9.41. The van der Waals surface area contributed by atoms with Crippen LogP contribution in [0.2, 0.25) is 5.02 Å². The summed E-state index contributed by atoms with van der Waals surface area (Å²) in [5, 5.41) is 9.07. The minimum absolute atomic E-state index is 0.281. The van der Waals surface area contributed by atoms with Gasteiger partial charge in [-0.25, -0.2) is 4.98 Å². The minimum Gasteiger partial charge on any atom is -0.476 e. The number of ether oxygens (including phenoxy) is 2. The first-order valence-corrected chi connectivity index (χ1v) is 5.44. The van der Waals surface area contributed by atoms with E-state index in [1.807, 2.05) is 6.07 Å². The molecule has 0 amide bonds. The van der Waals surface area contributed by atoms with Gasteiger partial charge < -0.3 is 9.47 Å². The largest absolute Gasteiger partial charge is 0.476 e. The highest BCUT2D eigenvalue weighted by atomic mass is 35.5. The third-order valence-electron chi connectivity index (χ3n) is 2.46. The number of halogens is 1. The third-order valence-corrected chi connectivity index (χ3v) is 2.82. The van der Waals surface area contributed by atoms with Gasteiger partial charge in [0.15, 0.2) is 0 Å². The Bertz CT molecular complexity index is 411. The molecule has 2 heterocycles. The van der Waals surface area contributed by atoms with E-state index in [0.29, 0.717) is 24.0 Å². The maximum Gasteiger partial charge on any atom is 0.233 e. The average Bonchev–Trinajstić information content (AvgIpc) is 2.81. The van der Waals surface area contributed by atoms with Gasteiger partial charge in [0, 0.05) is 18.7 Å². The Balaban J connectivity index is 2.01. The van der Waals surface area contributed by atoms with Crippen LogP contribution < -0.4 is 4.74 Å². The van der Waals surface area contributed by atoms with Crippen LogP contribution in [-0.2, 0) is 4.74 Å². The molecule has 1 aliphatic rings. The summed E-state index contributed by atoms with van der Waals surface area (Å²) >= 11 is 5.95. The van der Waals surface area contributed by atoms with Crippen molar-refractivity contribution < 1.29 is 9.47 Å². The fourth-order valence-corrected chi connectivity index (χ4v) is 1.73. The van der Waals surface area contributed by atoms with Crippen LogP contribution in [0.4, 0.5) is 0 Å². The Morgan fingerprint density at radius 2 is 2.56 bits per heavy atom. The summed E-state index contributed by atoms with van der Waals surface area (Å²) in [6.07, 6.45) is 2.51. The lowest BCUT2D eigenvalue weighted by atomic mass is 10.1. The van der Waals surface area contributed by atoms with E-state index in [9.17, 15) is 0 Å². The monoisotopic (exact) mass is 238 g/mol. The van der Waals surface area contributed by atoms with Crippen LogP contribution in [0.1, 0.15) is 12.0 Å². The molecule has 0 bridgehead atoms. The Morgan fingerprint density at radius 1 is 1.69 bits per heavy atom. The first-order chi connectivity index (χ1) is 7.81. The van der Waals surface area contributed by atoms with E-state index in [2.05, 4.69) is 4.98 Å². The molecule has 84 valence electrons. The summed E-state index contributed by atoms with van der Waals surface area (Å²) in [6.45, 7) is 2.03. The molecule has 0 saturated carbocycles. The second-order valence-corrected chi connectivity index (χ2v) is 4.01. The first-order valence-electron chi connectivity index (χ1n) is 5.06. The van der Waals surface area contributed by atoms with Gasteiger partial charge in [0.25, 0.3) is 0 Å². The van der Waals surface area contributed by atoms with Gasteiger partial charge in [-0.1, -0.05) is 11.6 Å². The number of hydrogen-bond acceptors (Lipinski definition) is 4. The number of hydrogen-bond donors (Lipinski definition) is 0. The molecular weight excluding hydrogens is 228 g/mol. The molecule has 1 aromatic rings. The first kappa shape index (κ1) is 11.2.